The Morgan fingerprint density at radius 3 is 2.38 bits per heavy atom. The lowest BCUT2D eigenvalue weighted by Gasteiger charge is -2.20. The Morgan fingerprint density at radius 2 is 1.92 bits per heavy atom. The molecule has 1 saturated carbocycles. The van der Waals surface area contributed by atoms with Crippen molar-refractivity contribution in [1.29, 1.82) is 0 Å². The highest BCUT2D eigenvalue weighted by Gasteiger charge is 2.63. The molecular weight excluding hydrogens is 378 g/mol. The predicted molar refractivity (Wildman–Crippen MR) is 76.8 cm³/mol. The molecule has 24 heavy (non-hydrogen) atoms. The van der Waals surface area contributed by atoms with Gasteiger partial charge in [-0.05, 0) is 18.9 Å². The van der Waals surface area contributed by atoms with Crippen LogP contribution in [0.15, 0.2) is 12.1 Å². The molecule has 11 heteroatoms. The van der Waals surface area contributed by atoms with E-state index in [1.807, 2.05) is 0 Å². The normalized spacial score (nSPS) is 16.8. The van der Waals surface area contributed by atoms with Crippen LogP contribution in [0.3, 0.4) is 0 Å². The summed E-state index contributed by atoms with van der Waals surface area (Å²) in [5.74, 6) is -1.30. The van der Waals surface area contributed by atoms with Gasteiger partial charge < -0.3 is 4.74 Å². The second-order valence-corrected chi connectivity index (χ2v) is 7.95. The Labute approximate surface area is 140 Å². The van der Waals surface area contributed by atoms with Crippen molar-refractivity contribution in [3.63, 3.8) is 0 Å². The smallest absolute Gasteiger partial charge is 0.404 e. The molecule has 5 nitrogen and oxygen atoms in total. The summed E-state index contributed by atoms with van der Waals surface area (Å²) in [5.41, 5.74) is -2.25. The maximum absolute atomic E-state index is 13.9. The Hall–Kier alpha value is -1.42. The summed E-state index contributed by atoms with van der Waals surface area (Å²) in [7, 11) is -4.07. The highest BCUT2D eigenvalue weighted by atomic mass is 35.5. The molecular formula is C13H13ClF4NO4S+. The van der Waals surface area contributed by atoms with E-state index in [2.05, 4.69) is 0 Å². The highest BCUT2D eigenvalue weighted by molar-refractivity contribution is 7.84. The van der Waals surface area contributed by atoms with Crippen LogP contribution < -0.4 is 4.74 Å². The molecule has 0 N–H and O–H groups in total. The lowest BCUT2D eigenvalue weighted by Crippen LogP contribution is -2.30. The summed E-state index contributed by atoms with van der Waals surface area (Å²) in [6.07, 6.45) is -3.91. The standard InChI is InChI=1S/C13H13ClF4NO4S/c1-24(21,22)19(20)6-8-4-9(14)11(5-10(8)15)23-7-12(2-3-12)13(16,17)18/h4-5H,2-3,6-7H2,1H3/q+1. The van der Waals surface area contributed by atoms with E-state index in [4.69, 9.17) is 16.3 Å². The van der Waals surface area contributed by atoms with Crippen molar-refractivity contribution in [3.8, 4) is 5.75 Å². The third-order valence-corrected chi connectivity index (χ3v) is 4.89. The third kappa shape index (κ3) is 3.97. The van der Waals surface area contributed by atoms with E-state index in [1.165, 1.54) is 0 Å². The molecule has 1 aliphatic rings. The molecule has 0 heterocycles. The zero-order valence-electron chi connectivity index (χ0n) is 12.4. The number of alkyl halides is 3. The first-order chi connectivity index (χ1) is 10.9. The van der Waals surface area contributed by atoms with Crippen molar-refractivity contribution in [3.05, 3.63) is 33.4 Å². The molecule has 0 aromatic heterocycles. The molecule has 0 amide bonds. The summed E-state index contributed by atoms with van der Waals surface area (Å²) in [5, 5.41) is -0.216. The number of sulfonamides is 1. The molecule has 0 unspecified atom stereocenters. The van der Waals surface area contributed by atoms with Gasteiger partial charge in [0.15, 0.2) is 0 Å². The van der Waals surface area contributed by atoms with E-state index in [-0.39, 0.29) is 33.3 Å². The van der Waals surface area contributed by atoms with Crippen molar-refractivity contribution in [2.75, 3.05) is 12.9 Å². The number of nitroso groups, excluding NO2 is 1. The van der Waals surface area contributed by atoms with Crippen LogP contribution in [-0.4, -0.2) is 31.6 Å². The summed E-state index contributed by atoms with van der Waals surface area (Å²) in [6, 6.07) is 1.69. The van der Waals surface area contributed by atoms with Gasteiger partial charge in [-0.25, -0.2) is 4.39 Å². The number of nitrogens with zero attached hydrogens (tertiary/aromatic N) is 1. The molecule has 2 rings (SSSR count). The lowest BCUT2D eigenvalue weighted by atomic mass is 10.1. The van der Waals surface area contributed by atoms with Crippen LogP contribution >= 0.6 is 11.6 Å². The summed E-state index contributed by atoms with van der Waals surface area (Å²) < 4.78 is 79.1. The molecule has 134 valence electrons. The van der Waals surface area contributed by atoms with Crippen LogP contribution in [0, 0.1) is 16.1 Å². The van der Waals surface area contributed by atoms with Gasteiger partial charge in [-0.15, -0.1) is 0 Å². The van der Waals surface area contributed by atoms with Gasteiger partial charge in [0.25, 0.3) is 0 Å². The van der Waals surface area contributed by atoms with Gasteiger partial charge in [-0.1, -0.05) is 11.6 Å². The fourth-order valence-corrected chi connectivity index (χ4v) is 2.55. The summed E-state index contributed by atoms with van der Waals surface area (Å²) in [4.78, 5) is 11.3. The minimum atomic E-state index is -4.42. The van der Waals surface area contributed by atoms with Gasteiger partial charge in [-0.2, -0.15) is 21.6 Å². The lowest BCUT2D eigenvalue weighted by molar-refractivity contribution is -0.406. The van der Waals surface area contributed by atoms with Gasteiger partial charge in [0.1, 0.15) is 34.0 Å². The SMILES string of the molecule is CS(=O)(=O)[N+](=O)Cc1cc(Cl)c(OCC2(C(F)(F)F)CC2)cc1F. The average Bonchev–Trinajstić information content (AvgIpc) is 3.20. The van der Waals surface area contributed by atoms with E-state index in [0.29, 0.717) is 6.26 Å². The average molecular weight is 391 g/mol. The summed E-state index contributed by atoms with van der Waals surface area (Å²) >= 11 is 5.82. The number of rotatable bonds is 6. The fraction of sp³-hybridized carbons (Fsp3) is 0.538. The second kappa shape index (κ2) is 6.14. The van der Waals surface area contributed by atoms with Crippen molar-refractivity contribution >= 4 is 21.6 Å². The van der Waals surface area contributed by atoms with E-state index in [1.54, 1.807) is 0 Å². The zero-order valence-corrected chi connectivity index (χ0v) is 13.9. The molecule has 1 aromatic carbocycles. The van der Waals surface area contributed by atoms with Crippen LogP contribution in [-0.2, 0) is 16.6 Å². The minimum absolute atomic E-state index is 0.0752. The van der Waals surface area contributed by atoms with Gasteiger partial charge in [0.05, 0.1) is 10.6 Å². The predicted octanol–water partition coefficient (Wildman–Crippen LogP) is 3.44. The van der Waals surface area contributed by atoms with Gasteiger partial charge in [0, 0.05) is 11.0 Å². The van der Waals surface area contributed by atoms with Crippen molar-refractivity contribution in [1.82, 2.24) is 0 Å². The molecule has 0 bridgehead atoms. The summed E-state index contributed by atoms with van der Waals surface area (Å²) in [6.45, 7) is -1.50. The molecule has 1 aliphatic carbocycles. The number of hydrogen-bond acceptors (Lipinski definition) is 4. The molecule has 0 spiro atoms. The Bertz CT molecular complexity index is 775. The van der Waals surface area contributed by atoms with Gasteiger partial charge in [0.2, 0.25) is 6.54 Å². The molecule has 0 aliphatic heterocycles. The molecule has 0 radical (unpaired) electrons. The number of ether oxygens (including phenoxy) is 1. The maximum atomic E-state index is 13.9. The van der Waals surface area contributed by atoms with E-state index in [9.17, 15) is 30.9 Å². The minimum Gasteiger partial charge on any atom is -0.491 e. The van der Waals surface area contributed by atoms with Crippen LogP contribution in [0.25, 0.3) is 0 Å². The Balaban J connectivity index is 2.14. The van der Waals surface area contributed by atoms with Gasteiger partial charge in [-0.3, -0.25) is 0 Å². The van der Waals surface area contributed by atoms with E-state index >= 15 is 0 Å². The van der Waals surface area contributed by atoms with E-state index in [0.717, 1.165) is 12.1 Å². The van der Waals surface area contributed by atoms with Crippen molar-refractivity contribution in [2.24, 2.45) is 5.41 Å². The van der Waals surface area contributed by atoms with Crippen molar-refractivity contribution < 1.29 is 34.9 Å². The van der Waals surface area contributed by atoms with Crippen molar-refractivity contribution in [2.45, 2.75) is 25.6 Å². The van der Waals surface area contributed by atoms with Gasteiger partial charge >= 0.3 is 16.2 Å². The Morgan fingerprint density at radius 1 is 1.33 bits per heavy atom. The highest BCUT2D eigenvalue weighted by Crippen LogP contribution is 2.57. The molecule has 1 aromatic rings. The first-order valence-corrected chi connectivity index (χ1v) is 8.91. The molecule has 0 atom stereocenters. The third-order valence-electron chi connectivity index (χ3n) is 3.73. The van der Waals surface area contributed by atoms with Crippen LogP contribution in [0.2, 0.25) is 5.02 Å². The maximum Gasteiger partial charge on any atom is 0.404 e. The molecule has 1 fully saturated rings. The largest absolute Gasteiger partial charge is 0.491 e. The topological polar surface area (TPSA) is 63.5 Å². The van der Waals surface area contributed by atoms with E-state index < -0.39 is 40.6 Å². The first kappa shape index (κ1) is 18.9. The van der Waals surface area contributed by atoms with Crippen LogP contribution in [0.5, 0.6) is 5.75 Å². The molecule has 0 saturated heterocycles. The number of halogens is 5. The number of benzene rings is 1. The Kier molecular flexibility index (Phi) is 4.84. The monoisotopic (exact) mass is 390 g/mol. The fourth-order valence-electron chi connectivity index (χ4n) is 1.93. The number of hydrogen-bond donors (Lipinski definition) is 0. The first-order valence-electron chi connectivity index (χ1n) is 6.68. The van der Waals surface area contributed by atoms with Crippen LogP contribution in [0.1, 0.15) is 18.4 Å². The second-order valence-electron chi connectivity index (χ2n) is 5.66. The quantitative estimate of drug-likeness (QED) is 0.551. The van der Waals surface area contributed by atoms with Crippen LogP contribution in [0.4, 0.5) is 17.6 Å². The zero-order chi connectivity index (χ0) is 18.3.